The van der Waals surface area contributed by atoms with Crippen LogP contribution in [0.5, 0.6) is 17.2 Å². The Kier molecular flexibility index (Phi) is 6.15. The summed E-state index contributed by atoms with van der Waals surface area (Å²) in [6.45, 7) is 0. The molecule has 0 unspecified atom stereocenters. The number of benzene rings is 3. The van der Waals surface area contributed by atoms with Gasteiger partial charge < -0.3 is 13.9 Å². The molecule has 6 aromatic rings. The predicted molar refractivity (Wildman–Crippen MR) is 147 cm³/mol. The Morgan fingerprint density at radius 2 is 1.87 bits per heavy atom. The average molecular weight is 564 g/mol. The van der Waals surface area contributed by atoms with Crippen molar-refractivity contribution in [2.45, 2.75) is 0 Å². The normalized spacial score (nSPS) is 11.2. The van der Waals surface area contributed by atoms with Gasteiger partial charge in [0.05, 0.1) is 22.3 Å². The number of pyridine rings is 1. The van der Waals surface area contributed by atoms with E-state index in [9.17, 15) is 9.18 Å². The topological polar surface area (TPSA) is 79.4 Å². The van der Waals surface area contributed by atoms with E-state index in [1.54, 1.807) is 12.1 Å². The smallest absolute Gasteiger partial charge is 0.290 e. The van der Waals surface area contributed by atoms with E-state index >= 15 is 0 Å². The minimum Gasteiger partial charge on any atom is -0.493 e. The van der Waals surface area contributed by atoms with Crippen LogP contribution in [0.4, 0.5) is 4.39 Å². The second-order valence-electron chi connectivity index (χ2n) is 8.06. The molecular formula is C27H15ClFN3O4S2. The molecule has 0 fully saturated rings. The van der Waals surface area contributed by atoms with Crippen LogP contribution < -0.4 is 15.0 Å². The molecule has 0 radical (unpaired) electrons. The minimum atomic E-state index is -0.481. The summed E-state index contributed by atoms with van der Waals surface area (Å²) in [4.78, 5) is 22.3. The summed E-state index contributed by atoms with van der Waals surface area (Å²) in [5.41, 5.74) is 2.02. The molecule has 188 valence electrons. The summed E-state index contributed by atoms with van der Waals surface area (Å²) in [6, 6.07) is 18.7. The van der Waals surface area contributed by atoms with Crippen LogP contribution in [0.2, 0.25) is 5.02 Å². The van der Waals surface area contributed by atoms with Gasteiger partial charge in [0.25, 0.3) is 10.4 Å². The van der Waals surface area contributed by atoms with E-state index in [1.165, 1.54) is 47.4 Å². The molecule has 3 aromatic carbocycles. The predicted octanol–water partition coefficient (Wildman–Crippen LogP) is 7.58. The van der Waals surface area contributed by atoms with Crippen molar-refractivity contribution in [1.29, 1.82) is 0 Å². The summed E-state index contributed by atoms with van der Waals surface area (Å²) in [5, 5.41) is 0.443. The number of nitrogens with zero attached hydrogens (tertiary/aromatic N) is 3. The van der Waals surface area contributed by atoms with Crippen LogP contribution in [0.15, 0.2) is 82.1 Å². The van der Waals surface area contributed by atoms with Crippen molar-refractivity contribution in [3.8, 4) is 33.5 Å². The number of thiazole rings is 1. The molecule has 11 heteroatoms. The van der Waals surface area contributed by atoms with Crippen molar-refractivity contribution in [3.63, 3.8) is 0 Å². The molecule has 0 aliphatic rings. The molecule has 0 aliphatic carbocycles. The van der Waals surface area contributed by atoms with Crippen LogP contribution in [-0.4, -0.2) is 21.6 Å². The first-order chi connectivity index (χ1) is 18.4. The van der Waals surface area contributed by atoms with Gasteiger partial charge in [-0.05, 0) is 42.0 Å². The molecule has 6 rings (SSSR count). The molecule has 0 amide bonds. The van der Waals surface area contributed by atoms with Gasteiger partial charge in [0.2, 0.25) is 10.7 Å². The van der Waals surface area contributed by atoms with E-state index in [-0.39, 0.29) is 21.0 Å². The van der Waals surface area contributed by atoms with Gasteiger partial charge in [-0.3, -0.25) is 4.79 Å². The lowest BCUT2D eigenvalue weighted by atomic mass is 10.0. The Morgan fingerprint density at radius 3 is 2.63 bits per heavy atom. The first-order valence-corrected chi connectivity index (χ1v) is 12.8. The molecular weight excluding hydrogens is 549 g/mol. The highest BCUT2D eigenvalue weighted by atomic mass is 35.5. The van der Waals surface area contributed by atoms with Crippen molar-refractivity contribution in [2.75, 3.05) is 7.11 Å². The first kappa shape index (κ1) is 24.2. The molecule has 7 nitrogen and oxygen atoms in total. The SMILES string of the molecule is COc1ccnc2c(=O)n(-c3nc4c(-c5ccccc5)cc(Oc5ccc(F)cc5Cl)cc4s3)c(=S)oc12. The van der Waals surface area contributed by atoms with E-state index in [0.717, 1.165) is 15.8 Å². The van der Waals surface area contributed by atoms with Crippen LogP contribution >= 0.6 is 35.2 Å². The Hall–Kier alpha value is -4.12. The lowest BCUT2D eigenvalue weighted by Crippen LogP contribution is -2.20. The zero-order chi connectivity index (χ0) is 26.4. The van der Waals surface area contributed by atoms with Crippen molar-refractivity contribution in [1.82, 2.24) is 14.5 Å². The average Bonchev–Trinajstić information content (AvgIpc) is 3.33. The maximum atomic E-state index is 13.5. The molecule has 0 bridgehead atoms. The first-order valence-electron chi connectivity index (χ1n) is 11.1. The number of hydrogen-bond acceptors (Lipinski definition) is 8. The Bertz CT molecular complexity index is 1970. The lowest BCUT2D eigenvalue weighted by Gasteiger charge is -2.10. The molecule has 0 N–H and O–H groups in total. The molecule has 0 atom stereocenters. The zero-order valence-electron chi connectivity index (χ0n) is 19.5. The fourth-order valence-electron chi connectivity index (χ4n) is 4.00. The van der Waals surface area contributed by atoms with Gasteiger partial charge in [-0.1, -0.05) is 53.3 Å². The fraction of sp³-hybridized carbons (Fsp3) is 0.0370. The maximum Gasteiger partial charge on any atom is 0.290 e. The lowest BCUT2D eigenvalue weighted by molar-refractivity contribution is 0.404. The number of hydrogen-bond donors (Lipinski definition) is 0. The van der Waals surface area contributed by atoms with E-state index in [4.69, 9.17) is 42.7 Å². The standard InChI is InChI=1S/C27H15ClFN3O4S2/c1-34-20-9-10-30-23-24(20)36-27(37)32(25(23)33)26-31-22-17(14-5-3-2-4-6-14)12-16(13-21(22)38-26)35-19-8-7-15(29)11-18(19)28/h2-13H,1H3. The van der Waals surface area contributed by atoms with Crippen molar-refractivity contribution < 1.29 is 18.3 Å². The Labute approximate surface area is 228 Å². The third-order valence-electron chi connectivity index (χ3n) is 5.72. The highest BCUT2D eigenvalue weighted by Gasteiger charge is 2.19. The molecule has 0 saturated carbocycles. The Balaban J connectivity index is 1.56. The van der Waals surface area contributed by atoms with Gasteiger partial charge >= 0.3 is 0 Å². The van der Waals surface area contributed by atoms with Gasteiger partial charge in [-0.2, -0.15) is 0 Å². The molecule has 0 aliphatic heterocycles. The molecule has 0 saturated heterocycles. The molecule has 3 aromatic heterocycles. The summed E-state index contributed by atoms with van der Waals surface area (Å²) in [5.74, 6) is 0.643. The number of aromatic nitrogens is 3. The fourth-order valence-corrected chi connectivity index (χ4v) is 5.53. The van der Waals surface area contributed by atoms with Crippen molar-refractivity contribution in [2.24, 2.45) is 0 Å². The largest absolute Gasteiger partial charge is 0.493 e. The summed E-state index contributed by atoms with van der Waals surface area (Å²) < 4.78 is 32.6. The number of fused-ring (bicyclic) bond motifs is 2. The van der Waals surface area contributed by atoms with Crippen LogP contribution in [0.1, 0.15) is 0 Å². The van der Waals surface area contributed by atoms with Gasteiger partial charge in [-0.25, -0.2) is 18.9 Å². The maximum absolute atomic E-state index is 13.5. The number of rotatable bonds is 5. The third-order valence-corrected chi connectivity index (χ3v) is 7.27. The van der Waals surface area contributed by atoms with Crippen molar-refractivity contribution >= 4 is 56.5 Å². The van der Waals surface area contributed by atoms with Crippen LogP contribution in [0, 0.1) is 10.7 Å². The molecule has 0 spiro atoms. The van der Waals surface area contributed by atoms with E-state index in [0.29, 0.717) is 27.9 Å². The van der Waals surface area contributed by atoms with E-state index < -0.39 is 11.4 Å². The van der Waals surface area contributed by atoms with E-state index in [1.807, 2.05) is 36.4 Å². The quantitative estimate of drug-likeness (QED) is 0.200. The highest BCUT2D eigenvalue weighted by Crippen LogP contribution is 2.39. The monoisotopic (exact) mass is 563 g/mol. The zero-order valence-corrected chi connectivity index (χ0v) is 21.9. The van der Waals surface area contributed by atoms with E-state index in [2.05, 4.69) is 4.98 Å². The van der Waals surface area contributed by atoms with Crippen molar-refractivity contribution in [3.05, 3.63) is 99.0 Å². The number of ether oxygens (including phenoxy) is 2. The number of halogens is 2. The number of methoxy groups -OCH3 is 1. The minimum absolute atomic E-state index is 0.0652. The summed E-state index contributed by atoms with van der Waals surface area (Å²) in [7, 11) is 1.47. The molecule has 38 heavy (non-hydrogen) atoms. The van der Waals surface area contributed by atoms with Gasteiger partial charge in [0.1, 0.15) is 17.3 Å². The summed E-state index contributed by atoms with van der Waals surface area (Å²) >= 11 is 12.9. The third kappa shape index (κ3) is 4.22. The summed E-state index contributed by atoms with van der Waals surface area (Å²) in [6.07, 6.45) is 1.46. The van der Waals surface area contributed by atoms with Gasteiger partial charge in [0, 0.05) is 23.9 Å². The Morgan fingerprint density at radius 1 is 1.05 bits per heavy atom. The second-order valence-corrected chi connectivity index (χ2v) is 9.82. The van der Waals surface area contributed by atoms with Gasteiger partial charge in [0.15, 0.2) is 11.3 Å². The van der Waals surface area contributed by atoms with Gasteiger partial charge in [-0.15, -0.1) is 0 Å². The van der Waals surface area contributed by atoms with Crippen LogP contribution in [0.25, 0.3) is 37.6 Å². The van der Waals surface area contributed by atoms with Crippen LogP contribution in [0.3, 0.4) is 0 Å². The van der Waals surface area contributed by atoms with Crippen LogP contribution in [-0.2, 0) is 0 Å². The highest BCUT2D eigenvalue weighted by molar-refractivity contribution is 7.71. The molecule has 3 heterocycles. The second kappa shape index (κ2) is 9.64.